The summed E-state index contributed by atoms with van der Waals surface area (Å²) in [6.45, 7) is 2.03. The summed E-state index contributed by atoms with van der Waals surface area (Å²) in [6.07, 6.45) is 0.0767. The highest BCUT2D eigenvalue weighted by Gasteiger charge is 2.15. The van der Waals surface area contributed by atoms with Crippen LogP contribution in [0.2, 0.25) is 5.02 Å². The van der Waals surface area contributed by atoms with Gasteiger partial charge in [-0.25, -0.2) is 4.39 Å². The van der Waals surface area contributed by atoms with Crippen molar-refractivity contribution < 1.29 is 23.5 Å². The Morgan fingerprint density at radius 2 is 1.79 bits per heavy atom. The van der Waals surface area contributed by atoms with Crippen LogP contribution in [0.5, 0.6) is 11.5 Å². The second kappa shape index (κ2) is 9.97. The summed E-state index contributed by atoms with van der Waals surface area (Å²) in [5, 5.41) is 3.88. The van der Waals surface area contributed by atoms with Gasteiger partial charge in [-0.1, -0.05) is 35.9 Å². The van der Waals surface area contributed by atoms with Gasteiger partial charge < -0.3 is 19.4 Å². The zero-order valence-corrected chi connectivity index (χ0v) is 19.4. The number of esters is 1. The highest BCUT2D eigenvalue weighted by Crippen LogP contribution is 2.33. The SMILES string of the molecule is CCOC(=O)Cc1ccc(Oc2ccc(NC(=O)c3cc4ccccc4n3C)cc2F)c(Cl)c1. The van der Waals surface area contributed by atoms with Gasteiger partial charge in [0, 0.05) is 29.7 Å². The Labute approximate surface area is 200 Å². The number of carbonyl (C=O) groups is 2. The molecule has 4 aromatic rings. The molecule has 6 nitrogen and oxygen atoms in total. The second-order valence-corrected chi connectivity index (χ2v) is 8.00. The smallest absolute Gasteiger partial charge is 0.310 e. The lowest BCUT2D eigenvalue weighted by Crippen LogP contribution is -2.15. The fourth-order valence-electron chi connectivity index (χ4n) is 3.60. The molecule has 3 aromatic carbocycles. The quantitative estimate of drug-likeness (QED) is 0.323. The molecular formula is C26H22ClFN2O4. The van der Waals surface area contributed by atoms with E-state index in [1.54, 1.807) is 48.9 Å². The average Bonchev–Trinajstić information content (AvgIpc) is 3.14. The molecular weight excluding hydrogens is 459 g/mol. The monoisotopic (exact) mass is 480 g/mol. The standard InChI is InChI=1S/C26H22ClFN2O4/c1-3-33-25(31)13-16-8-10-23(19(27)12-16)34-24-11-9-18(15-20(24)28)29-26(32)22-14-17-6-4-5-7-21(17)30(22)2/h4-12,14-15H,3,13H2,1-2H3,(H,29,32). The first-order valence-corrected chi connectivity index (χ1v) is 11.0. The fraction of sp³-hybridized carbons (Fsp3) is 0.154. The first kappa shape index (κ1) is 23.3. The van der Waals surface area contributed by atoms with Crippen molar-refractivity contribution in [2.45, 2.75) is 13.3 Å². The number of hydrogen-bond acceptors (Lipinski definition) is 4. The normalized spacial score (nSPS) is 10.8. The number of aromatic nitrogens is 1. The van der Waals surface area contributed by atoms with Crippen LogP contribution in [0, 0.1) is 5.82 Å². The van der Waals surface area contributed by atoms with Crippen molar-refractivity contribution in [3.8, 4) is 11.5 Å². The molecule has 1 heterocycles. The number of fused-ring (bicyclic) bond motifs is 1. The Kier molecular flexibility index (Phi) is 6.84. The topological polar surface area (TPSA) is 69.6 Å². The number of rotatable bonds is 7. The Morgan fingerprint density at radius 3 is 2.50 bits per heavy atom. The Morgan fingerprint density at radius 1 is 1.03 bits per heavy atom. The highest BCUT2D eigenvalue weighted by atomic mass is 35.5. The van der Waals surface area contributed by atoms with E-state index in [1.165, 1.54) is 12.1 Å². The van der Waals surface area contributed by atoms with Gasteiger partial charge in [0.1, 0.15) is 11.4 Å². The van der Waals surface area contributed by atoms with Crippen molar-refractivity contribution in [2.24, 2.45) is 7.05 Å². The molecule has 0 radical (unpaired) electrons. The van der Waals surface area contributed by atoms with E-state index in [0.29, 0.717) is 17.9 Å². The number of nitrogens with zero attached hydrogens (tertiary/aromatic N) is 1. The van der Waals surface area contributed by atoms with Crippen molar-refractivity contribution in [3.05, 3.63) is 88.8 Å². The summed E-state index contributed by atoms with van der Waals surface area (Å²) >= 11 is 6.25. The molecule has 0 saturated heterocycles. The zero-order chi connectivity index (χ0) is 24.2. The van der Waals surface area contributed by atoms with Crippen LogP contribution < -0.4 is 10.1 Å². The molecule has 0 atom stereocenters. The van der Waals surface area contributed by atoms with Crippen LogP contribution in [0.25, 0.3) is 10.9 Å². The van der Waals surface area contributed by atoms with E-state index in [1.807, 2.05) is 24.3 Å². The Hall–Kier alpha value is -3.84. The van der Waals surface area contributed by atoms with Gasteiger partial charge in [-0.15, -0.1) is 0 Å². The van der Waals surface area contributed by atoms with Gasteiger partial charge in [0.15, 0.2) is 11.6 Å². The van der Waals surface area contributed by atoms with Crippen molar-refractivity contribution in [1.29, 1.82) is 0 Å². The number of para-hydroxylation sites is 1. The summed E-state index contributed by atoms with van der Waals surface area (Å²) in [7, 11) is 1.80. The molecule has 0 fully saturated rings. The minimum Gasteiger partial charge on any atom is -0.466 e. The van der Waals surface area contributed by atoms with Crippen molar-refractivity contribution >= 4 is 40.1 Å². The molecule has 4 rings (SSSR count). The average molecular weight is 481 g/mol. The van der Waals surface area contributed by atoms with Gasteiger partial charge in [-0.2, -0.15) is 0 Å². The molecule has 0 unspecified atom stereocenters. The van der Waals surface area contributed by atoms with Crippen LogP contribution in [0.15, 0.2) is 66.7 Å². The van der Waals surface area contributed by atoms with Gasteiger partial charge in [-0.3, -0.25) is 9.59 Å². The predicted octanol–water partition coefficient (Wildman–Crippen LogP) is 6.12. The van der Waals surface area contributed by atoms with Gasteiger partial charge in [0.2, 0.25) is 0 Å². The molecule has 1 amide bonds. The van der Waals surface area contributed by atoms with Crippen LogP contribution in [0.3, 0.4) is 0 Å². The largest absolute Gasteiger partial charge is 0.466 e. The van der Waals surface area contributed by atoms with Crippen LogP contribution >= 0.6 is 11.6 Å². The maximum absolute atomic E-state index is 14.7. The molecule has 8 heteroatoms. The maximum atomic E-state index is 14.7. The van der Waals surface area contributed by atoms with Crippen LogP contribution in [0.4, 0.5) is 10.1 Å². The van der Waals surface area contributed by atoms with E-state index in [9.17, 15) is 14.0 Å². The third kappa shape index (κ3) is 5.05. The third-order valence-electron chi connectivity index (χ3n) is 5.24. The first-order chi connectivity index (χ1) is 16.4. The minimum absolute atomic E-state index is 0.0531. The molecule has 34 heavy (non-hydrogen) atoms. The number of nitrogens with one attached hydrogen (secondary N) is 1. The number of ether oxygens (including phenoxy) is 2. The van der Waals surface area contributed by atoms with E-state index < -0.39 is 5.82 Å². The maximum Gasteiger partial charge on any atom is 0.310 e. The van der Waals surface area contributed by atoms with E-state index in [2.05, 4.69) is 5.32 Å². The Balaban J connectivity index is 1.46. The zero-order valence-electron chi connectivity index (χ0n) is 18.6. The van der Waals surface area contributed by atoms with Crippen LogP contribution in [0.1, 0.15) is 23.0 Å². The molecule has 0 spiro atoms. The van der Waals surface area contributed by atoms with E-state index in [0.717, 1.165) is 10.9 Å². The van der Waals surface area contributed by atoms with Crippen molar-refractivity contribution in [1.82, 2.24) is 4.57 Å². The van der Waals surface area contributed by atoms with Crippen LogP contribution in [-0.4, -0.2) is 23.1 Å². The lowest BCUT2D eigenvalue weighted by molar-refractivity contribution is -0.142. The molecule has 0 bridgehead atoms. The van der Waals surface area contributed by atoms with Crippen molar-refractivity contribution in [2.75, 3.05) is 11.9 Å². The summed E-state index contributed by atoms with van der Waals surface area (Å²) in [5.41, 5.74) is 2.32. The lowest BCUT2D eigenvalue weighted by atomic mass is 10.1. The van der Waals surface area contributed by atoms with Gasteiger partial charge >= 0.3 is 5.97 Å². The lowest BCUT2D eigenvalue weighted by Gasteiger charge is -2.12. The van der Waals surface area contributed by atoms with Gasteiger partial charge in [0.05, 0.1) is 18.1 Å². The summed E-state index contributed by atoms with van der Waals surface area (Å²) in [5.74, 6) is -1.20. The van der Waals surface area contributed by atoms with Gasteiger partial charge in [0.25, 0.3) is 5.91 Å². The number of anilines is 1. The van der Waals surface area contributed by atoms with E-state index >= 15 is 0 Å². The fourth-order valence-corrected chi connectivity index (χ4v) is 3.84. The Bertz CT molecular complexity index is 1380. The number of aryl methyl sites for hydroxylation is 1. The predicted molar refractivity (Wildman–Crippen MR) is 129 cm³/mol. The highest BCUT2D eigenvalue weighted by molar-refractivity contribution is 6.32. The molecule has 0 saturated carbocycles. The second-order valence-electron chi connectivity index (χ2n) is 7.60. The number of amides is 1. The minimum atomic E-state index is -0.665. The summed E-state index contributed by atoms with van der Waals surface area (Å²) in [4.78, 5) is 24.4. The molecule has 1 N–H and O–H groups in total. The van der Waals surface area contributed by atoms with Crippen molar-refractivity contribution in [3.63, 3.8) is 0 Å². The first-order valence-electron chi connectivity index (χ1n) is 10.6. The van der Waals surface area contributed by atoms with E-state index in [-0.39, 0.29) is 40.5 Å². The molecule has 174 valence electrons. The summed E-state index contributed by atoms with van der Waals surface area (Å²) < 4.78 is 27.0. The van der Waals surface area contributed by atoms with E-state index in [4.69, 9.17) is 21.1 Å². The third-order valence-corrected chi connectivity index (χ3v) is 5.54. The number of halogens is 2. The van der Waals surface area contributed by atoms with Crippen LogP contribution in [-0.2, 0) is 23.0 Å². The number of benzene rings is 3. The molecule has 1 aromatic heterocycles. The molecule has 0 aliphatic rings. The molecule has 0 aliphatic carbocycles. The number of hydrogen-bond donors (Lipinski definition) is 1. The number of carbonyl (C=O) groups excluding carboxylic acids is 2. The van der Waals surface area contributed by atoms with Gasteiger partial charge in [-0.05, 0) is 48.9 Å². The molecule has 0 aliphatic heterocycles. The summed E-state index contributed by atoms with van der Waals surface area (Å²) in [6, 6.07) is 18.4.